The first-order chi connectivity index (χ1) is 9.36. The molecule has 2 aromatic rings. The quantitative estimate of drug-likeness (QED) is 0.602. The Morgan fingerprint density at radius 3 is 1.79 bits per heavy atom. The van der Waals surface area contributed by atoms with Crippen molar-refractivity contribution in [1.29, 1.82) is 0 Å². The molecule has 1 nitrogen and oxygen atoms in total. The van der Waals surface area contributed by atoms with Gasteiger partial charge in [0, 0.05) is 16.2 Å². The van der Waals surface area contributed by atoms with Gasteiger partial charge in [-0.3, -0.25) is 4.79 Å². The minimum Gasteiger partial charge on any atom is -0.289 e. The van der Waals surface area contributed by atoms with E-state index in [2.05, 4.69) is 0 Å². The first kappa shape index (κ1) is 12.6. The summed E-state index contributed by atoms with van der Waals surface area (Å²) in [5.74, 6) is 0.113. The van der Waals surface area contributed by atoms with Crippen LogP contribution in [0, 0.1) is 0 Å². The molecule has 0 amide bonds. The van der Waals surface area contributed by atoms with Gasteiger partial charge in [-0.15, -0.1) is 23.5 Å². The van der Waals surface area contributed by atoms with Crippen molar-refractivity contribution in [3.05, 3.63) is 76.0 Å². The Balaban J connectivity index is 2.05. The molecule has 1 aliphatic heterocycles. The Kier molecular flexibility index (Phi) is 3.76. The number of hydrogen-bond acceptors (Lipinski definition) is 3. The summed E-state index contributed by atoms with van der Waals surface area (Å²) in [5, 5.41) is 1.04. The van der Waals surface area contributed by atoms with Gasteiger partial charge in [0.15, 0.2) is 5.78 Å². The summed E-state index contributed by atoms with van der Waals surface area (Å²) in [5.41, 5.74) is 2.60. The van der Waals surface area contributed by atoms with Gasteiger partial charge in [-0.25, -0.2) is 0 Å². The second-order valence-corrected chi connectivity index (χ2v) is 6.73. The van der Waals surface area contributed by atoms with Crippen LogP contribution in [-0.4, -0.2) is 10.9 Å². The van der Waals surface area contributed by atoms with Gasteiger partial charge in [0.2, 0.25) is 0 Å². The van der Waals surface area contributed by atoms with E-state index in [4.69, 9.17) is 0 Å². The third-order valence-electron chi connectivity index (χ3n) is 2.91. The standard InChI is InChI=1S/C16H12OS2/c17-15(13-9-5-2-6-10-13)14(16-18-11-19-16)12-7-3-1-4-8-12/h1-10H,11H2. The van der Waals surface area contributed by atoms with Crippen LogP contribution in [0.3, 0.4) is 0 Å². The first-order valence-electron chi connectivity index (χ1n) is 6.01. The summed E-state index contributed by atoms with van der Waals surface area (Å²) in [4.78, 5) is 12.7. The maximum atomic E-state index is 12.7. The molecule has 1 fully saturated rings. The van der Waals surface area contributed by atoms with Gasteiger partial charge in [-0.05, 0) is 5.56 Å². The molecule has 0 radical (unpaired) electrons. The summed E-state index contributed by atoms with van der Waals surface area (Å²) < 4.78 is 1.14. The van der Waals surface area contributed by atoms with E-state index in [-0.39, 0.29) is 5.78 Å². The predicted molar refractivity (Wildman–Crippen MR) is 84.2 cm³/mol. The fourth-order valence-electron chi connectivity index (χ4n) is 1.94. The maximum absolute atomic E-state index is 12.7. The Morgan fingerprint density at radius 1 is 0.789 bits per heavy atom. The van der Waals surface area contributed by atoms with E-state index in [1.807, 2.05) is 60.7 Å². The average Bonchev–Trinajstić information content (AvgIpc) is 2.44. The summed E-state index contributed by atoms with van der Waals surface area (Å²) in [6.07, 6.45) is 0. The molecule has 3 heteroatoms. The van der Waals surface area contributed by atoms with Crippen LogP contribution in [0.4, 0.5) is 0 Å². The second kappa shape index (κ2) is 5.68. The number of ketones is 1. The lowest BCUT2D eigenvalue weighted by atomic mass is 9.98. The zero-order chi connectivity index (χ0) is 13.1. The summed E-state index contributed by atoms with van der Waals surface area (Å²) in [6.45, 7) is 0. The van der Waals surface area contributed by atoms with Crippen LogP contribution in [0.25, 0.3) is 5.57 Å². The van der Waals surface area contributed by atoms with Crippen molar-refractivity contribution >= 4 is 34.9 Å². The second-order valence-electron chi connectivity index (χ2n) is 4.13. The van der Waals surface area contributed by atoms with Crippen molar-refractivity contribution in [3.8, 4) is 0 Å². The van der Waals surface area contributed by atoms with Gasteiger partial charge >= 0.3 is 0 Å². The minimum absolute atomic E-state index is 0.113. The molecule has 0 aromatic heterocycles. The molecule has 1 heterocycles. The third kappa shape index (κ3) is 2.62. The Morgan fingerprint density at radius 2 is 1.32 bits per heavy atom. The van der Waals surface area contributed by atoms with Gasteiger partial charge < -0.3 is 0 Å². The van der Waals surface area contributed by atoms with E-state index in [9.17, 15) is 4.79 Å². The van der Waals surface area contributed by atoms with Gasteiger partial charge in [-0.1, -0.05) is 60.7 Å². The van der Waals surface area contributed by atoms with Crippen molar-refractivity contribution in [3.63, 3.8) is 0 Å². The lowest BCUT2D eigenvalue weighted by Gasteiger charge is -2.20. The van der Waals surface area contributed by atoms with Gasteiger partial charge in [0.25, 0.3) is 0 Å². The largest absolute Gasteiger partial charge is 0.289 e. The van der Waals surface area contributed by atoms with Crippen LogP contribution in [0.5, 0.6) is 0 Å². The number of benzene rings is 2. The highest BCUT2D eigenvalue weighted by Gasteiger charge is 2.23. The SMILES string of the molecule is O=C(C(=C1SCS1)c1ccccc1)c1ccccc1. The Labute approximate surface area is 121 Å². The fourth-order valence-corrected chi connectivity index (χ4v) is 3.60. The molecular formula is C16H12OS2. The highest BCUT2D eigenvalue weighted by molar-refractivity contribution is 8.37. The van der Waals surface area contributed by atoms with Crippen molar-refractivity contribution in [2.75, 3.05) is 5.08 Å². The molecule has 0 N–H and O–H groups in total. The van der Waals surface area contributed by atoms with Crippen LogP contribution >= 0.6 is 23.5 Å². The van der Waals surface area contributed by atoms with Crippen LogP contribution in [0.2, 0.25) is 0 Å². The predicted octanol–water partition coefficient (Wildman–Crippen LogP) is 4.68. The lowest BCUT2D eigenvalue weighted by molar-refractivity contribution is 0.105. The molecule has 0 unspecified atom stereocenters. The van der Waals surface area contributed by atoms with Gasteiger partial charge in [0.1, 0.15) is 0 Å². The number of thioether (sulfide) groups is 2. The molecule has 1 saturated heterocycles. The van der Waals surface area contributed by atoms with Gasteiger partial charge in [0.05, 0.1) is 4.24 Å². The normalized spacial score (nSPS) is 13.8. The molecule has 0 aliphatic carbocycles. The maximum Gasteiger partial charge on any atom is 0.195 e. The zero-order valence-electron chi connectivity index (χ0n) is 10.2. The molecule has 3 rings (SSSR count). The van der Waals surface area contributed by atoms with Crippen molar-refractivity contribution in [1.82, 2.24) is 0 Å². The third-order valence-corrected chi connectivity index (χ3v) is 5.49. The zero-order valence-corrected chi connectivity index (χ0v) is 11.8. The molecule has 19 heavy (non-hydrogen) atoms. The van der Waals surface area contributed by atoms with Crippen LogP contribution < -0.4 is 0 Å². The molecule has 0 atom stereocenters. The molecule has 0 spiro atoms. The average molecular weight is 284 g/mol. The number of allylic oxidation sites excluding steroid dienone is 1. The van der Waals surface area contributed by atoms with Crippen molar-refractivity contribution in [2.45, 2.75) is 0 Å². The number of hydrogen-bond donors (Lipinski definition) is 0. The van der Waals surface area contributed by atoms with Crippen LogP contribution in [0.15, 0.2) is 64.9 Å². The Hall–Kier alpha value is -1.45. The summed E-state index contributed by atoms with van der Waals surface area (Å²) >= 11 is 3.51. The van der Waals surface area contributed by atoms with E-state index < -0.39 is 0 Å². The van der Waals surface area contributed by atoms with E-state index in [0.717, 1.165) is 26.0 Å². The van der Waals surface area contributed by atoms with E-state index in [1.165, 1.54) is 0 Å². The smallest absolute Gasteiger partial charge is 0.195 e. The van der Waals surface area contributed by atoms with Crippen LogP contribution in [0.1, 0.15) is 15.9 Å². The number of rotatable bonds is 3. The number of carbonyl (C=O) groups excluding carboxylic acids is 1. The molecule has 94 valence electrons. The van der Waals surface area contributed by atoms with Crippen LogP contribution in [-0.2, 0) is 0 Å². The monoisotopic (exact) mass is 284 g/mol. The van der Waals surface area contributed by atoms with E-state index in [1.54, 1.807) is 23.5 Å². The molecule has 0 bridgehead atoms. The van der Waals surface area contributed by atoms with Crippen molar-refractivity contribution in [2.24, 2.45) is 0 Å². The lowest BCUT2D eigenvalue weighted by Crippen LogP contribution is -2.06. The molecule has 2 aromatic carbocycles. The summed E-state index contributed by atoms with van der Waals surface area (Å²) in [6, 6.07) is 19.4. The number of carbonyl (C=O) groups is 1. The molecule has 0 saturated carbocycles. The molecular weight excluding hydrogens is 272 g/mol. The highest BCUT2D eigenvalue weighted by Crippen LogP contribution is 2.48. The van der Waals surface area contributed by atoms with Gasteiger partial charge in [-0.2, -0.15) is 0 Å². The Bertz CT molecular complexity index is 612. The summed E-state index contributed by atoms with van der Waals surface area (Å²) in [7, 11) is 0. The van der Waals surface area contributed by atoms with E-state index >= 15 is 0 Å². The van der Waals surface area contributed by atoms with E-state index in [0.29, 0.717) is 0 Å². The highest BCUT2D eigenvalue weighted by atomic mass is 32.3. The fraction of sp³-hybridized carbons (Fsp3) is 0.0625. The minimum atomic E-state index is 0.113. The first-order valence-corrected chi connectivity index (χ1v) is 7.98. The molecule has 1 aliphatic rings. The number of Topliss-reactive ketones (excluding diaryl/α,β-unsaturated/α-hetero) is 1. The van der Waals surface area contributed by atoms with Crippen molar-refractivity contribution < 1.29 is 4.79 Å². The topological polar surface area (TPSA) is 17.1 Å².